The molecule has 4 heterocycles. The summed E-state index contributed by atoms with van der Waals surface area (Å²) >= 11 is 1.48. The Morgan fingerprint density at radius 3 is 2.83 bits per heavy atom. The van der Waals surface area contributed by atoms with Gasteiger partial charge in [-0.3, -0.25) is 9.88 Å². The lowest BCUT2D eigenvalue weighted by Gasteiger charge is -2.33. The number of nitrogens with zero attached hydrogens (tertiary/aromatic N) is 5. The predicted molar refractivity (Wildman–Crippen MR) is 91.1 cm³/mol. The van der Waals surface area contributed by atoms with Crippen LogP contribution in [0.4, 0.5) is 0 Å². The van der Waals surface area contributed by atoms with Crippen LogP contribution >= 0.6 is 11.5 Å². The number of hydrogen-bond acceptors (Lipinski definition) is 5. The fourth-order valence-corrected chi connectivity index (χ4v) is 3.77. The van der Waals surface area contributed by atoms with Crippen LogP contribution in [0, 0.1) is 0 Å². The van der Waals surface area contributed by atoms with E-state index in [1.54, 1.807) is 0 Å². The molecule has 1 aliphatic rings. The molecule has 4 rings (SSSR count). The maximum absolute atomic E-state index is 4.53. The molecule has 0 aliphatic carbocycles. The third-order valence-corrected chi connectivity index (χ3v) is 5.03. The van der Waals surface area contributed by atoms with Gasteiger partial charge in [-0.1, -0.05) is 6.07 Å². The Morgan fingerprint density at radius 2 is 2.09 bits per heavy atom. The van der Waals surface area contributed by atoms with Gasteiger partial charge in [0.2, 0.25) is 0 Å². The van der Waals surface area contributed by atoms with Gasteiger partial charge >= 0.3 is 0 Å². The molecule has 23 heavy (non-hydrogen) atoms. The highest BCUT2D eigenvalue weighted by Crippen LogP contribution is 2.28. The first-order valence-electron chi connectivity index (χ1n) is 7.94. The average Bonchev–Trinajstić information content (AvgIpc) is 3.28. The van der Waals surface area contributed by atoms with Gasteiger partial charge in [0.05, 0.1) is 6.20 Å². The standard InChI is InChI=1S/C17H19N5S/c1-2-14(10-18-5-1)12-21-7-3-16(4-8-21)22-9-6-19-17(22)15-11-20-23-13-15/h1-2,5-6,9-11,13,16H,3-4,7-8,12H2. The Kier molecular flexibility index (Phi) is 4.17. The van der Waals surface area contributed by atoms with Crippen molar-refractivity contribution in [3.63, 3.8) is 0 Å². The van der Waals surface area contributed by atoms with E-state index >= 15 is 0 Å². The molecule has 3 aromatic rings. The summed E-state index contributed by atoms with van der Waals surface area (Å²) in [5, 5.41) is 2.07. The maximum Gasteiger partial charge on any atom is 0.142 e. The van der Waals surface area contributed by atoms with Crippen LogP contribution in [0.2, 0.25) is 0 Å². The van der Waals surface area contributed by atoms with Gasteiger partial charge in [0.15, 0.2) is 0 Å². The van der Waals surface area contributed by atoms with Crippen LogP contribution in [0.5, 0.6) is 0 Å². The lowest BCUT2D eigenvalue weighted by molar-refractivity contribution is 0.180. The Labute approximate surface area is 139 Å². The molecule has 1 saturated heterocycles. The Hall–Kier alpha value is -2.05. The summed E-state index contributed by atoms with van der Waals surface area (Å²) in [5.41, 5.74) is 2.41. The second-order valence-corrected chi connectivity index (χ2v) is 6.60. The van der Waals surface area contributed by atoms with E-state index in [-0.39, 0.29) is 0 Å². The summed E-state index contributed by atoms with van der Waals surface area (Å²) < 4.78 is 6.52. The van der Waals surface area contributed by atoms with Crippen molar-refractivity contribution in [2.24, 2.45) is 0 Å². The smallest absolute Gasteiger partial charge is 0.142 e. The summed E-state index contributed by atoms with van der Waals surface area (Å²) in [7, 11) is 0. The molecule has 0 amide bonds. The van der Waals surface area contributed by atoms with Gasteiger partial charge in [0.25, 0.3) is 0 Å². The minimum Gasteiger partial charge on any atom is -0.328 e. The molecule has 6 heteroatoms. The van der Waals surface area contributed by atoms with Crippen molar-refractivity contribution in [2.45, 2.75) is 25.4 Å². The second kappa shape index (κ2) is 6.60. The van der Waals surface area contributed by atoms with Crippen LogP contribution in [0.3, 0.4) is 0 Å². The first-order chi connectivity index (χ1) is 11.4. The molecular formula is C17H19N5S. The minimum absolute atomic E-state index is 0.526. The first kappa shape index (κ1) is 14.5. The number of hydrogen-bond donors (Lipinski definition) is 0. The lowest BCUT2D eigenvalue weighted by atomic mass is 10.0. The zero-order valence-electron chi connectivity index (χ0n) is 12.9. The van der Waals surface area contributed by atoms with E-state index in [1.807, 2.05) is 30.9 Å². The molecule has 0 saturated carbocycles. The second-order valence-electron chi connectivity index (χ2n) is 5.94. The molecule has 1 fully saturated rings. The summed E-state index contributed by atoms with van der Waals surface area (Å²) in [6, 6.07) is 4.68. The number of piperidine rings is 1. The van der Waals surface area contributed by atoms with Crippen molar-refractivity contribution < 1.29 is 0 Å². The number of pyridine rings is 1. The summed E-state index contributed by atoms with van der Waals surface area (Å²) in [6.45, 7) is 3.21. The van der Waals surface area contributed by atoms with Gasteiger partial charge in [-0.25, -0.2) is 9.36 Å². The quantitative estimate of drug-likeness (QED) is 0.739. The van der Waals surface area contributed by atoms with Crippen molar-refractivity contribution in [2.75, 3.05) is 13.1 Å². The molecule has 0 aromatic carbocycles. The highest BCUT2D eigenvalue weighted by atomic mass is 32.1. The van der Waals surface area contributed by atoms with Gasteiger partial charge in [-0.2, -0.15) is 0 Å². The Balaban J connectivity index is 1.41. The topological polar surface area (TPSA) is 46.8 Å². The highest BCUT2D eigenvalue weighted by molar-refractivity contribution is 7.03. The van der Waals surface area contributed by atoms with Crippen molar-refractivity contribution in [1.82, 2.24) is 23.8 Å². The van der Waals surface area contributed by atoms with E-state index in [0.717, 1.165) is 43.9 Å². The summed E-state index contributed by atoms with van der Waals surface area (Å²) in [6.07, 6.45) is 12.0. The zero-order valence-corrected chi connectivity index (χ0v) is 13.7. The van der Waals surface area contributed by atoms with E-state index in [0.29, 0.717) is 6.04 Å². The molecule has 3 aromatic heterocycles. The molecule has 1 aliphatic heterocycles. The zero-order chi connectivity index (χ0) is 15.5. The minimum atomic E-state index is 0.526. The van der Waals surface area contributed by atoms with Crippen LogP contribution in [-0.4, -0.2) is 36.9 Å². The number of aromatic nitrogens is 4. The molecule has 0 atom stereocenters. The average molecular weight is 325 g/mol. The monoisotopic (exact) mass is 325 g/mol. The van der Waals surface area contributed by atoms with Crippen LogP contribution in [-0.2, 0) is 6.54 Å². The first-order valence-corrected chi connectivity index (χ1v) is 8.77. The predicted octanol–water partition coefficient (Wildman–Crippen LogP) is 3.24. The van der Waals surface area contributed by atoms with Gasteiger partial charge in [-0.15, -0.1) is 0 Å². The van der Waals surface area contributed by atoms with Crippen molar-refractivity contribution in [3.05, 3.63) is 54.1 Å². The molecule has 5 nitrogen and oxygen atoms in total. The Bertz CT molecular complexity index is 729. The van der Waals surface area contributed by atoms with Gasteiger partial charge in [0.1, 0.15) is 5.82 Å². The molecule has 0 bridgehead atoms. The van der Waals surface area contributed by atoms with Crippen molar-refractivity contribution in [3.8, 4) is 11.4 Å². The molecular weight excluding hydrogens is 306 g/mol. The fraction of sp³-hybridized carbons (Fsp3) is 0.353. The molecule has 118 valence electrons. The fourth-order valence-electron chi connectivity index (χ4n) is 3.25. The summed E-state index contributed by atoms with van der Waals surface area (Å²) in [4.78, 5) is 11.2. The van der Waals surface area contributed by atoms with Crippen molar-refractivity contribution in [1.29, 1.82) is 0 Å². The van der Waals surface area contributed by atoms with Crippen molar-refractivity contribution >= 4 is 11.5 Å². The Morgan fingerprint density at radius 1 is 1.17 bits per heavy atom. The third kappa shape index (κ3) is 3.18. The van der Waals surface area contributed by atoms with Crippen LogP contribution in [0.1, 0.15) is 24.4 Å². The van der Waals surface area contributed by atoms with Gasteiger partial charge in [-0.05, 0) is 36.0 Å². The normalized spacial score (nSPS) is 16.7. The summed E-state index contributed by atoms with van der Waals surface area (Å²) in [5.74, 6) is 1.05. The van der Waals surface area contributed by atoms with E-state index in [9.17, 15) is 0 Å². The van der Waals surface area contributed by atoms with Gasteiger partial charge in [0, 0.05) is 61.4 Å². The number of likely N-dealkylation sites (tertiary alicyclic amines) is 1. The largest absolute Gasteiger partial charge is 0.328 e. The number of rotatable bonds is 4. The van der Waals surface area contributed by atoms with E-state index in [4.69, 9.17) is 0 Å². The van der Waals surface area contributed by atoms with E-state index in [2.05, 4.69) is 41.5 Å². The van der Waals surface area contributed by atoms with Crippen LogP contribution in [0.25, 0.3) is 11.4 Å². The molecule has 0 unspecified atom stereocenters. The highest BCUT2D eigenvalue weighted by Gasteiger charge is 2.22. The maximum atomic E-state index is 4.53. The van der Waals surface area contributed by atoms with Crippen LogP contribution in [0.15, 0.2) is 48.5 Å². The van der Waals surface area contributed by atoms with E-state index in [1.165, 1.54) is 17.1 Å². The SMILES string of the molecule is c1cncc(CN2CCC(n3ccnc3-c3cnsc3)CC2)c1. The molecule has 0 spiro atoms. The lowest BCUT2D eigenvalue weighted by Crippen LogP contribution is -2.34. The van der Waals surface area contributed by atoms with Crippen LogP contribution < -0.4 is 0 Å². The van der Waals surface area contributed by atoms with E-state index < -0.39 is 0 Å². The molecule has 0 N–H and O–H groups in total. The molecule has 0 radical (unpaired) electrons. The number of imidazole rings is 1. The van der Waals surface area contributed by atoms with Gasteiger partial charge < -0.3 is 4.57 Å². The third-order valence-electron chi connectivity index (χ3n) is 4.44.